The highest BCUT2D eigenvalue weighted by Crippen LogP contribution is 2.29. The Morgan fingerprint density at radius 2 is 1.76 bits per heavy atom. The van der Waals surface area contributed by atoms with Crippen LogP contribution in [0.3, 0.4) is 0 Å². The van der Waals surface area contributed by atoms with Gasteiger partial charge in [0.15, 0.2) is 0 Å². The third-order valence-corrected chi connectivity index (χ3v) is 5.50. The first-order valence-corrected chi connectivity index (χ1v) is 8.18. The van der Waals surface area contributed by atoms with E-state index in [1.165, 1.54) is 45.3 Å². The van der Waals surface area contributed by atoms with E-state index >= 15 is 0 Å². The quantitative estimate of drug-likeness (QED) is 0.835. The number of nitrogens with one attached hydrogen (secondary N) is 1. The zero-order valence-electron chi connectivity index (χ0n) is 11.6. The molecule has 0 bridgehead atoms. The van der Waals surface area contributed by atoms with Crippen LogP contribution in [-0.2, 0) is 0 Å². The predicted octanol–water partition coefficient (Wildman–Crippen LogP) is 2.59. The average Bonchev–Trinajstić information content (AvgIpc) is 2.28. The van der Waals surface area contributed by atoms with E-state index in [2.05, 4.69) is 42.9 Å². The summed E-state index contributed by atoms with van der Waals surface area (Å²) in [6.45, 7) is 8.66. The number of thioether (sulfide) groups is 1. The van der Waals surface area contributed by atoms with E-state index < -0.39 is 0 Å². The second-order valence-electron chi connectivity index (χ2n) is 5.92. The molecule has 0 spiro atoms. The molecule has 2 nitrogen and oxygen atoms in total. The first-order valence-electron chi connectivity index (χ1n) is 7.24. The van der Waals surface area contributed by atoms with Gasteiger partial charge in [-0.25, -0.2) is 0 Å². The molecule has 1 N–H and O–H groups in total. The highest BCUT2D eigenvalue weighted by atomic mass is 32.2. The van der Waals surface area contributed by atoms with Gasteiger partial charge in [0, 0.05) is 36.2 Å². The zero-order chi connectivity index (χ0) is 12.3. The first-order chi connectivity index (χ1) is 8.19. The molecule has 1 aliphatic carbocycles. The van der Waals surface area contributed by atoms with E-state index in [-0.39, 0.29) is 0 Å². The lowest BCUT2D eigenvalue weighted by molar-refractivity contribution is 0.170. The summed E-state index contributed by atoms with van der Waals surface area (Å²) in [4.78, 5) is 2.71. The maximum Gasteiger partial charge on any atom is 0.0149 e. The fourth-order valence-corrected chi connectivity index (χ4v) is 4.96. The van der Waals surface area contributed by atoms with Crippen LogP contribution in [0.2, 0.25) is 0 Å². The molecule has 1 heterocycles. The van der Waals surface area contributed by atoms with Crippen molar-refractivity contribution < 1.29 is 0 Å². The van der Waals surface area contributed by atoms with Gasteiger partial charge in [0.05, 0.1) is 0 Å². The van der Waals surface area contributed by atoms with E-state index in [1.54, 1.807) is 0 Å². The predicted molar refractivity (Wildman–Crippen MR) is 77.8 cm³/mol. The third-order valence-electron chi connectivity index (χ3n) is 4.27. The van der Waals surface area contributed by atoms with Crippen LogP contribution in [0.5, 0.6) is 0 Å². The maximum absolute atomic E-state index is 3.53. The molecule has 0 amide bonds. The average molecular weight is 256 g/mol. The SMILES string of the molecule is CNC1CCCCC1CN1CC(C)SC(C)C1. The molecule has 1 saturated carbocycles. The van der Waals surface area contributed by atoms with Gasteiger partial charge >= 0.3 is 0 Å². The van der Waals surface area contributed by atoms with Crippen molar-refractivity contribution in [2.24, 2.45) is 5.92 Å². The molecular weight excluding hydrogens is 228 g/mol. The van der Waals surface area contributed by atoms with Crippen LogP contribution in [0.25, 0.3) is 0 Å². The van der Waals surface area contributed by atoms with Gasteiger partial charge in [-0.3, -0.25) is 0 Å². The van der Waals surface area contributed by atoms with Crippen molar-refractivity contribution >= 4 is 11.8 Å². The Kier molecular flexibility index (Phi) is 5.19. The van der Waals surface area contributed by atoms with Gasteiger partial charge in [0.1, 0.15) is 0 Å². The highest BCUT2D eigenvalue weighted by Gasteiger charge is 2.29. The fourth-order valence-electron chi connectivity index (χ4n) is 3.57. The molecule has 4 unspecified atom stereocenters. The molecule has 2 fully saturated rings. The molecule has 1 saturated heterocycles. The number of hydrogen-bond acceptors (Lipinski definition) is 3. The highest BCUT2D eigenvalue weighted by molar-refractivity contribution is 8.00. The van der Waals surface area contributed by atoms with Crippen molar-refractivity contribution in [3.05, 3.63) is 0 Å². The van der Waals surface area contributed by atoms with Gasteiger partial charge in [0.2, 0.25) is 0 Å². The topological polar surface area (TPSA) is 15.3 Å². The summed E-state index contributed by atoms with van der Waals surface area (Å²) in [5.74, 6) is 0.885. The van der Waals surface area contributed by atoms with Gasteiger partial charge in [0.25, 0.3) is 0 Å². The van der Waals surface area contributed by atoms with Crippen molar-refractivity contribution in [1.82, 2.24) is 10.2 Å². The standard InChI is InChI=1S/C14H28N2S/c1-11-8-16(9-12(2)17-11)10-13-6-4-5-7-14(13)15-3/h11-15H,4-10H2,1-3H3. The molecule has 17 heavy (non-hydrogen) atoms. The van der Waals surface area contributed by atoms with Crippen LogP contribution in [0.15, 0.2) is 0 Å². The summed E-state index contributed by atoms with van der Waals surface area (Å²) in [7, 11) is 2.14. The van der Waals surface area contributed by atoms with Crippen LogP contribution < -0.4 is 5.32 Å². The zero-order valence-corrected chi connectivity index (χ0v) is 12.4. The minimum Gasteiger partial charge on any atom is -0.317 e. The van der Waals surface area contributed by atoms with Gasteiger partial charge in [-0.2, -0.15) is 11.8 Å². The second-order valence-corrected chi connectivity index (χ2v) is 7.80. The number of nitrogens with zero attached hydrogens (tertiary/aromatic N) is 1. The fraction of sp³-hybridized carbons (Fsp3) is 1.00. The molecule has 3 heteroatoms. The lowest BCUT2D eigenvalue weighted by Crippen LogP contribution is -2.47. The summed E-state index contributed by atoms with van der Waals surface area (Å²) < 4.78 is 0. The molecule has 100 valence electrons. The second kappa shape index (κ2) is 6.44. The minimum atomic E-state index is 0.768. The minimum absolute atomic E-state index is 0.768. The van der Waals surface area contributed by atoms with Gasteiger partial charge < -0.3 is 10.2 Å². The van der Waals surface area contributed by atoms with Crippen molar-refractivity contribution in [2.45, 2.75) is 56.1 Å². The molecule has 0 aromatic heterocycles. The van der Waals surface area contributed by atoms with Crippen LogP contribution in [0.4, 0.5) is 0 Å². The van der Waals surface area contributed by atoms with Crippen molar-refractivity contribution in [2.75, 3.05) is 26.7 Å². The Balaban J connectivity index is 1.85. The van der Waals surface area contributed by atoms with Gasteiger partial charge in [-0.1, -0.05) is 26.7 Å². The molecule has 2 aliphatic rings. The largest absolute Gasteiger partial charge is 0.317 e. The Labute approximate surface area is 111 Å². The van der Waals surface area contributed by atoms with Gasteiger partial charge in [-0.05, 0) is 25.8 Å². The summed E-state index contributed by atoms with van der Waals surface area (Å²) >= 11 is 2.16. The van der Waals surface area contributed by atoms with E-state index in [9.17, 15) is 0 Å². The monoisotopic (exact) mass is 256 g/mol. The van der Waals surface area contributed by atoms with Crippen molar-refractivity contribution in [3.8, 4) is 0 Å². The summed E-state index contributed by atoms with van der Waals surface area (Å²) in [6, 6.07) is 0.768. The molecular formula is C14H28N2S. The normalized spacial score (nSPS) is 40.4. The van der Waals surface area contributed by atoms with Crippen LogP contribution in [0, 0.1) is 5.92 Å². The smallest absolute Gasteiger partial charge is 0.0149 e. The lowest BCUT2D eigenvalue weighted by Gasteiger charge is -2.40. The molecule has 0 aromatic carbocycles. The summed E-state index contributed by atoms with van der Waals surface area (Å²) in [5.41, 5.74) is 0. The van der Waals surface area contributed by atoms with E-state index in [0.717, 1.165) is 22.5 Å². The molecule has 0 radical (unpaired) electrons. The van der Waals surface area contributed by atoms with E-state index in [4.69, 9.17) is 0 Å². The van der Waals surface area contributed by atoms with Crippen LogP contribution in [0.1, 0.15) is 39.5 Å². The Bertz CT molecular complexity index is 224. The van der Waals surface area contributed by atoms with Gasteiger partial charge in [-0.15, -0.1) is 0 Å². The summed E-state index contributed by atoms with van der Waals surface area (Å²) in [5, 5.41) is 5.16. The number of rotatable bonds is 3. The van der Waals surface area contributed by atoms with Crippen LogP contribution in [-0.4, -0.2) is 48.1 Å². The maximum atomic E-state index is 3.53. The van der Waals surface area contributed by atoms with E-state index in [0.29, 0.717) is 0 Å². The Hall–Kier alpha value is 0.270. The van der Waals surface area contributed by atoms with Crippen molar-refractivity contribution in [1.29, 1.82) is 0 Å². The Morgan fingerprint density at radius 3 is 2.41 bits per heavy atom. The van der Waals surface area contributed by atoms with Crippen LogP contribution >= 0.6 is 11.8 Å². The molecule has 2 rings (SSSR count). The van der Waals surface area contributed by atoms with E-state index in [1.807, 2.05) is 0 Å². The molecule has 1 aliphatic heterocycles. The molecule has 4 atom stereocenters. The third kappa shape index (κ3) is 3.87. The molecule has 0 aromatic rings. The first kappa shape index (κ1) is 13.7. The summed E-state index contributed by atoms with van der Waals surface area (Å²) in [6.07, 6.45) is 5.67. The Morgan fingerprint density at radius 1 is 1.12 bits per heavy atom. The van der Waals surface area contributed by atoms with Crippen molar-refractivity contribution in [3.63, 3.8) is 0 Å². The number of hydrogen-bond donors (Lipinski definition) is 1. The lowest BCUT2D eigenvalue weighted by atomic mass is 9.84.